The fourth-order valence-corrected chi connectivity index (χ4v) is 1.07. The van der Waals surface area contributed by atoms with Crippen molar-refractivity contribution in [3.63, 3.8) is 0 Å². The molecular formula is C9H8F2O2. The third-order valence-electron chi connectivity index (χ3n) is 2.01. The van der Waals surface area contributed by atoms with Crippen molar-refractivity contribution in [2.24, 2.45) is 0 Å². The van der Waals surface area contributed by atoms with E-state index in [1.807, 2.05) is 0 Å². The minimum Gasteiger partial charge on any atom is -0.478 e. The molecule has 1 aromatic rings. The van der Waals surface area contributed by atoms with Crippen LogP contribution < -0.4 is 0 Å². The normalized spacial score (nSPS) is 10.2. The van der Waals surface area contributed by atoms with Crippen LogP contribution in [-0.4, -0.2) is 11.1 Å². The molecule has 0 heterocycles. The number of carbonyl (C=O) groups is 1. The standard InChI is InChI=1S/C9H8F2O2/c1-4-5(2)8(11)7(10)3-6(4)9(12)13/h3H,1-2H3,(H,12,13). The van der Waals surface area contributed by atoms with Crippen LogP contribution in [-0.2, 0) is 0 Å². The van der Waals surface area contributed by atoms with Crippen LogP contribution in [0.5, 0.6) is 0 Å². The third-order valence-corrected chi connectivity index (χ3v) is 2.01. The molecule has 0 aliphatic heterocycles. The second-order valence-corrected chi connectivity index (χ2v) is 2.78. The first kappa shape index (κ1) is 9.64. The fourth-order valence-electron chi connectivity index (χ4n) is 1.07. The molecule has 0 aromatic heterocycles. The Morgan fingerprint density at radius 1 is 1.31 bits per heavy atom. The van der Waals surface area contributed by atoms with Crippen LogP contribution in [0, 0.1) is 25.5 Å². The predicted molar refractivity (Wildman–Crippen MR) is 42.8 cm³/mol. The summed E-state index contributed by atoms with van der Waals surface area (Å²) in [6.07, 6.45) is 0. The summed E-state index contributed by atoms with van der Waals surface area (Å²) in [6.45, 7) is 2.79. The molecule has 1 rings (SSSR count). The van der Waals surface area contributed by atoms with Gasteiger partial charge in [0.15, 0.2) is 11.6 Å². The van der Waals surface area contributed by atoms with E-state index in [9.17, 15) is 13.6 Å². The molecule has 0 spiro atoms. The van der Waals surface area contributed by atoms with Crippen LogP contribution >= 0.6 is 0 Å². The molecule has 2 nitrogen and oxygen atoms in total. The second kappa shape index (κ2) is 3.12. The summed E-state index contributed by atoms with van der Waals surface area (Å²) in [5, 5.41) is 8.62. The summed E-state index contributed by atoms with van der Waals surface area (Å²) in [5.74, 6) is -3.36. The number of hydrogen-bond acceptors (Lipinski definition) is 1. The van der Waals surface area contributed by atoms with Crippen molar-refractivity contribution in [2.45, 2.75) is 13.8 Å². The number of carboxylic acid groups (broad SMARTS) is 1. The van der Waals surface area contributed by atoms with Crippen LogP contribution in [0.2, 0.25) is 0 Å². The van der Waals surface area contributed by atoms with Gasteiger partial charge in [-0.3, -0.25) is 0 Å². The molecule has 0 radical (unpaired) electrons. The molecule has 0 atom stereocenters. The van der Waals surface area contributed by atoms with Crippen LogP contribution in [0.3, 0.4) is 0 Å². The molecular weight excluding hydrogens is 178 g/mol. The van der Waals surface area contributed by atoms with Gasteiger partial charge in [-0.15, -0.1) is 0 Å². The Balaban J connectivity index is 3.50. The minimum absolute atomic E-state index is 0.0393. The number of benzene rings is 1. The summed E-state index contributed by atoms with van der Waals surface area (Å²) in [7, 11) is 0. The van der Waals surface area contributed by atoms with Crippen molar-refractivity contribution in [1.29, 1.82) is 0 Å². The molecule has 0 saturated heterocycles. The predicted octanol–water partition coefficient (Wildman–Crippen LogP) is 2.28. The molecule has 1 aromatic carbocycles. The molecule has 0 aliphatic carbocycles. The summed E-state index contributed by atoms with van der Waals surface area (Å²) in [5.41, 5.74) is 0.0974. The average Bonchev–Trinajstić information content (AvgIpc) is 2.07. The van der Waals surface area contributed by atoms with Crippen LogP contribution in [0.4, 0.5) is 8.78 Å². The van der Waals surface area contributed by atoms with E-state index >= 15 is 0 Å². The highest BCUT2D eigenvalue weighted by Crippen LogP contribution is 2.19. The molecule has 0 saturated carbocycles. The topological polar surface area (TPSA) is 37.3 Å². The second-order valence-electron chi connectivity index (χ2n) is 2.78. The lowest BCUT2D eigenvalue weighted by molar-refractivity contribution is 0.0695. The molecule has 70 valence electrons. The van der Waals surface area contributed by atoms with E-state index < -0.39 is 17.6 Å². The Labute approximate surface area is 73.8 Å². The highest BCUT2D eigenvalue weighted by molar-refractivity contribution is 5.89. The first-order chi connectivity index (χ1) is 5.95. The van der Waals surface area contributed by atoms with E-state index in [0.717, 1.165) is 0 Å². The van der Waals surface area contributed by atoms with Gasteiger partial charge >= 0.3 is 5.97 Å². The van der Waals surface area contributed by atoms with Gasteiger partial charge in [-0.1, -0.05) is 0 Å². The number of rotatable bonds is 1. The van der Waals surface area contributed by atoms with Gasteiger partial charge in [0.2, 0.25) is 0 Å². The lowest BCUT2D eigenvalue weighted by atomic mass is 10.0. The molecule has 13 heavy (non-hydrogen) atoms. The van der Waals surface area contributed by atoms with Crippen molar-refractivity contribution in [2.75, 3.05) is 0 Å². The molecule has 0 fully saturated rings. The van der Waals surface area contributed by atoms with Crippen molar-refractivity contribution in [1.82, 2.24) is 0 Å². The maximum Gasteiger partial charge on any atom is 0.336 e. The Morgan fingerprint density at radius 2 is 1.85 bits per heavy atom. The largest absolute Gasteiger partial charge is 0.478 e. The van der Waals surface area contributed by atoms with Gasteiger partial charge in [-0.25, -0.2) is 13.6 Å². The van der Waals surface area contributed by atoms with E-state index in [1.54, 1.807) is 0 Å². The number of hydrogen-bond donors (Lipinski definition) is 1. The van der Waals surface area contributed by atoms with E-state index in [4.69, 9.17) is 5.11 Å². The number of halogens is 2. The smallest absolute Gasteiger partial charge is 0.336 e. The van der Waals surface area contributed by atoms with Gasteiger partial charge in [-0.05, 0) is 31.0 Å². The van der Waals surface area contributed by atoms with Crippen molar-refractivity contribution < 1.29 is 18.7 Å². The monoisotopic (exact) mass is 186 g/mol. The molecule has 0 bridgehead atoms. The number of aromatic carboxylic acids is 1. The quantitative estimate of drug-likeness (QED) is 0.730. The maximum absolute atomic E-state index is 12.9. The summed E-state index contributed by atoms with van der Waals surface area (Å²) < 4.78 is 25.6. The van der Waals surface area contributed by atoms with Gasteiger partial charge in [0.05, 0.1) is 5.56 Å². The van der Waals surface area contributed by atoms with Gasteiger partial charge < -0.3 is 5.11 Å². The van der Waals surface area contributed by atoms with E-state index in [0.29, 0.717) is 6.07 Å². The third kappa shape index (κ3) is 1.52. The van der Waals surface area contributed by atoms with Crippen molar-refractivity contribution in [3.8, 4) is 0 Å². The zero-order valence-electron chi connectivity index (χ0n) is 7.19. The van der Waals surface area contributed by atoms with E-state index in [-0.39, 0.29) is 16.7 Å². The maximum atomic E-state index is 12.9. The van der Waals surface area contributed by atoms with E-state index in [2.05, 4.69) is 0 Å². The van der Waals surface area contributed by atoms with Gasteiger partial charge in [0.1, 0.15) is 0 Å². The van der Waals surface area contributed by atoms with Gasteiger partial charge in [0.25, 0.3) is 0 Å². The lowest BCUT2D eigenvalue weighted by Crippen LogP contribution is -2.05. The SMILES string of the molecule is Cc1c(C(=O)O)cc(F)c(F)c1C. The first-order valence-electron chi connectivity index (χ1n) is 3.63. The van der Waals surface area contributed by atoms with Gasteiger partial charge in [-0.2, -0.15) is 0 Å². The molecule has 0 aliphatic rings. The Hall–Kier alpha value is -1.45. The number of carboxylic acids is 1. The Morgan fingerprint density at radius 3 is 2.31 bits per heavy atom. The van der Waals surface area contributed by atoms with Crippen LogP contribution in [0.15, 0.2) is 6.07 Å². The fraction of sp³-hybridized carbons (Fsp3) is 0.222. The molecule has 1 N–H and O–H groups in total. The van der Waals surface area contributed by atoms with Crippen LogP contribution in [0.1, 0.15) is 21.5 Å². The summed E-state index contributed by atoms with van der Waals surface area (Å²) in [6, 6.07) is 0.694. The molecule has 4 heteroatoms. The molecule has 0 amide bonds. The highest BCUT2D eigenvalue weighted by atomic mass is 19.2. The van der Waals surface area contributed by atoms with Crippen LogP contribution in [0.25, 0.3) is 0 Å². The van der Waals surface area contributed by atoms with E-state index in [1.165, 1.54) is 13.8 Å². The zero-order valence-corrected chi connectivity index (χ0v) is 7.19. The molecule has 0 unspecified atom stereocenters. The first-order valence-corrected chi connectivity index (χ1v) is 3.63. The minimum atomic E-state index is -1.25. The summed E-state index contributed by atoms with van der Waals surface area (Å²) >= 11 is 0. The Kier molecular flexibility index (Phi) is 2.32. The Bertz CT molecular complexity index is 372. The average molecular weight is 186 g/mol. The van der Waals surface area contributed by atoms with Crippen molar-refractivity contribution >= 4 is 5.97 Å². The summed E-state index contributed by atoms with van der Waals surface area (Å²) in [4.78, 5) is 10.5. The zero-order chi connectivity index (χ0) is 10.2. The highest BCUT2D eigenvalue weighted by Gasteiger charge is 2.16. The lowest BCUT2D eigenvalue weighted by Gasteiger charge is -2.06. The van der Waals surface area contributed by atoms with Gasteiger partial charge in [0, 0.05) is 0 Å². The van der Waals surface area contributed by atoms with Crippen molar-refractivity contribution in [3.05, 3.63) is 34.4 Å².